The third-order valence-corrected chi connectivity index (χ3v) is 2.58. The molecule has 3 nitrogen and oxygen atoms in total. The summed E-state index contributed by atoms with van der Waals surface area (Å²) in [5.74, 6) is -0.123. The molecule has 3 heterocycles. The van der Waals surface area contributed by atoms with Crippen LogP contribution in [-0.2, 0) is 0 Å². The van der Waals surface area contributed by atoms with Gasteiger partial charge in [0.05, 0.1) is 0 Å². The van der Waals surface area contributed by atoms with Crippen LogP contribution in [0.4, 0.5) is 0 Å². The zero-order valence-corrected chi connectivity index (χ0v) is 5.49. The minimum atomic E-state index is -0.139. The number of rotatable bonds is 0. The standard InChI is InChI=1S/C5H3NO2S/c1-2-3-5(8)6(9-3)4(2)7/h1H3. The van der Waals surface area contributed by atoms with Crippen molar-refractivity contribution in [2.24, 2.45) is 0 Å². The molecule has 46 valence electrons. The van der Waals surface area contributed by atoms with Crippen LogP contribution in [0, 0.1) is 6.92 Å². The molecule has 3 rings (SSSR count). The van der Waals surface area contributed by atoms with E-state index in [1.807, 2.05) is 0 Å². The molecule has 9 heavy (non-hydrogen) atoms. The number of hydrogen-bond acceptors (Lipinski definition) is 3. The van der Waals surface area contributed by atoms with Crippen molar-refractivity contribution in [2.75, 3.05) is 0 Å². The van der Waals surface area contributed by atoms with Gasteiger partial charge in [-0.25, -0.2) is 0 Å². The maximum Gasteiger partial charge on any atom is 0.286 e. The molecule has 0 fully saturated rings. The quantitative estimate of drug-likeness (QED) is 0.526. The summed E-state index contributed by atoms with van der Waals surface area (Å²) in [6, 6.07) is 0. The molecule has 0 aromatic carbocycles. The van der Waals surface area contributed by atoms with Crippen LogP contribution in [-0.4, -0.2) is 9.86 Å². The van der Waals surface area contributed by atoms with Crippen LogP contribution in [0.1, 0.15) is 15.2 Å². The van der Waals surface area contributed by atoms with Crippen LogP contribution in [0.25, 0.3) is 0 Å². The monoisotopic (exact) mass is 141 g/mol. The first-order valence-corrected chi connectivity index (χ1v) is 3.27. The lowest BCUT2D eigenvalue weighted by atomic mass is 10.3. The Kier molecular flexibility index (Phi) is 0.635. The minimum absolute atomic E-state index is 0.123. The van der Waals surface area contributed by atoms with E-state index in [1.54, 1.807) is 6.92 Å². The van der Waals surface area contributed by atoms with Crippen molar-refractivity contribution in [1.82, 2.24) is 3.96 Å². The maximum atomic E-state index is 10.8. The molecule has 0 N–H and O–H groups in total. The maximum absolute atomic E-state index is 10.8. The largest absolute Gasteiger partial charge is 0.286 e. The van der Waals surface area contributed by atoms with Crippen LogP contribution < -0.4 is 5.56 Å². The Labute approximate surface area is 54.7 Å². The lowest BCUT2D eigenvalue weighted by Crippen LogP contribution is -2.19. The van der Waals surface area contributed by atoms with Crippen molar-refractivity contribution in [3.63, 3.8) is 0 Å². The predicted molar refractivity (Wildman–Crippen MR) is 33.0 cm³/mol. The van der Waals surface area contributed by atoms with E-state index in [-0.39, 0.29) is 11.5 Å². The van der Waals surface area contributed by atoms with E-state index in [9.17, 15) is 9.59 Å². The van der Waals surface area contributed by atoms with Gasteiger partial charge in [0.25, 0.3) is 11.5 Å². The second kappa shape index (κ2) is 1.16. The molecule has 2 aliphatic rings. The summed E-state index contributed by atoms with van der Waals surface area (Å²) in [7, 11) is 0. The van der Waals surface area contributed by atoms with Gasteiger partial charge in [-0.15, -0.1) is 0 Å². The average molecular weight is 141 g/mol. The number of fused-ring (bicyclic) bond motifs is 1. The number of carbonyl (C=O) groups is 1. The number of aromatic nitrogens is 1. The van der Waals surface area contributed by atoms with E-state index in [0.717, 1.165) is 0 Å². The van der Waals surface area contributed by atoms with Crippen LogP contribution in [0.2, 0.25) is 0 Å². The van der Waals surface area contributed by atoms with Crippen molar-refractivity contribution in [3.05, 3.63) is 20.8 Å². The summed E-state index contributed by atoms with van der Waals surface area (Å²) in [5, 5.41) is 0. The van der Waals surface area contributed by atoms with Crippen LogP contribution in [0.5, 0.6) is 0 Å². The van der Waals surface area contributed by atoms with Gasteiger partial charge in [0, 0.05) is 5.56 Å². The Hall–Kier alpha value is -0.900. The number of hydrogen-bond donors (Lipinski definition) is 0. The second-order valence-electron chi connectivity index (χ2n) is 1.95. The third kappa shape index (κ3) is 0.346. The van der Waals surface area contributed by atoms with Gasteiger partial charge in [-0.1, -0.05) is 0 Å². The molecule has 0 amide bonds. The smallest absolute Gasteiger partial charge is 0.268 e. The Balaban J connectivity index is 2.99. The van der Waals surface area contributed by atoms with Crippen LogP contribution >= 0.6 is 11.5 Å². The van der Waals surface area contributed by atoms with E-state index in [1.165, 1.54) is 15.5 Å². The highest BCUT2D eigenvalue weighted by Crippen LogP contribution is 2.22. The molecule has 2 bridgehead atoms. The molecule has 0 saturated carbocycles. The first-order valence-electron chi connectivity index (χ1n) is 2.49. The first kappa shape index (κ1) is 4.93. The van der Waals surface area contributed by atoms with Gasteiger partial charge in [-0.05, 0) is 18.5 Å². The van der Waals surface area contributed by atoms with Gasteiger partial charge in [-0.2, -0.15) is 3.96 Å². The summed E-state index contributed by atoms with van der Waals surface area (Å²) in [4.78, 5) is 22.1. The summed E-state index contributed by atoms with van der Waals surface area (Å²) >= 11 is 1.23. The van der Waals surface area contributed by atoms with E-state index in [4.69, 9.17) is 0 Å². The molecule has 1 aromatic rings. The zero-order chi connectivity index (χ0) is 6.59. The molecule has 0 saturated heterocycles. The molecule has 1 aromatic heterocycles. The molecule has 0 unspecified atom stereocenters. The topological polar surface area (TPSA) is 39.1 Å². The van der Waals surface area contributed by atoms with Crippen molar-refractivity contribution in [1.29, 1.82) is 0 Å². The molecule has 4 heteroatoms. The fourth-order valence-corrected chi connectivity index (χ4v) is 1.68. The highest BCUT2D eigenvalue weighted by atomic mass is 32.1. The van der Waals surface area contributed by atoms with Crippen LogP contribution in [0.15, 0.2) is 4.79 Å². The first-order chi connectivity index (χ1) is 4.22. The van der Waals surface area contributed by atoms with E-state index < -0.39 is 0 Å². The van der Waals surface area contributed by atoms with Crippen molar-refractivity contribution in [2.45, 2.75) is 6.92 Å². The van der Waals surface area contributed by atoms with Gasteiger partial charge >= 0.3 is 0 Å². The van der Waals surface area contributed by atoms with Gasteiger partial charge in [-0.3, -0.25) is 9.59 Å². The zero-order valence-electron chi connectivity index (χ0n) is 4.67. The third-order valence-electron chi connectivity index (χ3n) is 1.41. The second-order valence-corrected chi connectivity index (χ2v) is 2.91. The summed E-state index contributed by atoms with van der Waals surface area (Å²) in [6.07, 6.45) is 0. The van der Waals surface area contributed by atoms with Crippen molar-refractivity contribution in [3.8, 4) is 0 Å². The predicted octanol–water partition coefficient (Wildman–Crippen LogP) is 0.220. The molecule has 2 aliphatic heterocycles. The van der Waals surface area contributed by atoms with E-state index in [2.05, 4.69) is 0 Å². The molecule has 0 radical (unpaired) electrons. The summed E-state index contributed by atoms with van der Waals surface area (Å²) in [6.45, 7) is 1.68. The highest BCUT2D eigenvalue weighted by molar-refractivity contribution is 7.14. The molecule has 0 atom stereocenters. The molecule has 0 aliphatic carbocycles. The fraction of sp³-hybridized carbons (Fsp3) is 0.200. The Morgan fingerprint density at radius 1 is 1.44 bits per heavy atom. The summed E-state index contributed by atoms with van der Waals surface area (Å²) in [5.41, 5.74) is 0.463. The number of carbonyl (C=O) groups excluding carboxylic acids is 1. The van der Waals surface area contributed by atoms with Gasteiger partial charge < -0.3 is 0 Å². The SMILES string of the molecule is Cc1c2sn(c1=O)C2=O. The van der Waals surface area contributed by atoms with Gasteiger partial charge in [0.1, 0.15) is 4.88 Å². The molecular weight excluding hydrogens is 138 g/mol. The normalized spacial score (nSPS) is 13.7. The van der Waals surface area contributed by atoms with E-state index in [0.29, 0.717) is 10.4 Å². The molecular formula is C5H3NO2S. The number of nitrogens with zero attached hydrogens (tertiary/aromatic N) is 1. The fourth-order valence-electron chi connectivity index (χ4n) is 0.837. The minimum Gasteiger partial charge on any atom is -0.268 e. The highest BCUT2D eigenvalue weighted by Gasteiger charge is 2.30. The Bertz CT molecular complexity index is 346. The average Bonchev–Trinajstić information content (AvgIpc) is 2.18. The van der Waals surface area contributed by atoms with Gasteiger partial charge in [0.15, 0.2) is 0 Å². The van der Waals surface area contributed by atoms with Crippen molar-refractivity contribution >= 4 is 17.4 Å². The lowest BCUT2D eigenvalue weighted by Gasteiger charge is -1.99. The molecule has 0 spiro atoms. The van der Waals surface area contributed by atoms with Crippen molar-refractivity contribution < 1.29 is 4.79 Å². The van der Waals surface area contributed by atoms with E-state index >= 15 is 0 Å². The Morgan fingerprint density at radius 3 is 2.22 bits per heavy atom. The van der Waals surface area contributed by atoms with Crippen LogP contribution in [0.3, 0.4) is 0 Å². The Morgan fingerprint density at radius 2 is 2.11 bits per heavy atom. The van der Waals surface area contributed by atoms with Gasteiger partial charge in [0.2, 0.25) is 0 Å². The summed E-state index contributed by atoms with van der Waals surface area (Å²) < 4.78 is 1.17. The lowest BCUT2D eigenvalue weighted by molar-refractivity contribution is 0.0968.